The molecule has 3 nitrogen and oxygen atoms in total. The number of esters is 1. The Hall–Kier alpha value is -1.35. The van der Waals surface area contributed by atoms with Crippen LogP contribution in [0.25, 0.3) is 0 Å². The molecule has 82 valence electrons. The summed E-state index contributed by atoms with van der Waals surface area (Å²) in [5.74, 6) is -0.362. The molecule has 0 heterocycles. The monoisotopic (exact) mass is 207 g/mol. The zero-order chi connectivity index (χ0) is 11.3. The van der Waals surface area contributed by atoms with Crippen LogP contribution in [0.4, 0.5) is 0 Å². The highest BCUT2D eigenvalue weighted by molar-refractivity contribution is 5.76. The number of ether oxygens (including phenoxy) is 1. The van der Waals surface area contributed by atoms with Crippen LogP contribution >= 0.6 is 0 Å². The smallest absolute Gasteiger partial charge is 0.323 e. The number of benzene rings is 1. The van der Waals surface area contributed by atoms with E-state index in [-0.39, 0.29) is 11.9 Å². The quantitative estimate of drug-likeness (QED) is 0.764. The van der Waals surface area contributed by atoms with E-state index in [9.17, 15) is 4.79 Å². The third kappa shape index (κ3) is 3.06. The second-order valence-electron chi connectivity index (χ2n) is 3.48. The van der Waals surface area contributed by atoms with Gasteiger partial charge in [-0.15, -0.1) is 0 Å². The summed E-state index contributed by atoms with van der Waals surface area (Å²) in [6.45, 7) is 4.07. The second-order valence-corrected chi connectivity index (χ2v) is 3.48. The summed E-state index contributed by atoms with van der Waals surface area (Å²) in [5.41, 5.74) is 6.86. The maximum absolute atomic E-state index is 11.4. The van der Waals surface area contributed by atoms with Gasteiger partial charge in [-0.1, -0.05) is 37.3 Å². The highest BCUT2D eigenvalue weighted by atomic mass is 16.5. The second kappa shape index (κ2) is 5.51. The van der Waals surface area contributed by atoms with Crippen LogP contribution in [-0.2, 0) is 9.53 Å². The normalized spacial score (nSPS) is 14.3. The van der Waals surface area contributed by atoms with E-state index in [1.807, 2.05) is 37.3 Å². The fourth-order valence-electron chi connectivity index (χ4n) is 1.41. The van der Waals surface area contributed by atoms with Crippen molar-refractivity contribution in [1.82, 2.24) is 0 Å². The molecule has 0 unspecified atom stereocenters. The van der Waals surface area contributed by atoms with Gasteiger partial charge < -0.3 is 10.5 Å². The van der Waals surface area contributed by atoms with Gasteiger partial charge in [-0.05, 0) is 12.5 Å². The number of rotatable bonds is 4. The third-order valence-electron chi connectivity index (χ3n) is 2.42. The lowest BCUT2D eigenvalue weighted by molar-refractivity contribution is -0.145. The lowest BCUT2D eigenvalue weighted by atomic mass is 9.94. The Kier molecular flexibility index (Phi) is 4.31. The number of carbonyl (C=O) groups is 1. The van der Waals surface area contributed by atoms with Crippen molar-refractivity contribution in [3.8, 4) is 0 Å². The first kappa shape index (κ1) is 11.7. The lowest BCUT2D eigenvalue weighted by Gasteiger charge is -2.18. The first-order chi connectivity index (χ1) is 7.16. The molecule has 1 rings (SSSR count). The molecule has 2 N–H and O–H groups in total. The molecule has 0 saturated heterocycles. The molecule has 0 fully saturated rings. The van der Waals surface area contributed by atoms with Crippen LogP contribution in [-0.4, -0.2) is 18.6 Å². The van der Waals surface area contributed by atoms with Gasteiger partial charge in [0.1, 0.15) is 6.04 Å². The molecule has 0 aromatic heterocycles. The van der Waals surface area contributed by atoms with Crippen molar-refractivity contribution in [2.45, 2.75) is 25.8 Å². The molecule has 15 heavy (non-hydrogen) atoms. The van der Waals surface area contributed by atoms with Gasteiger partial charge in [0.2, 0.25) is 0 Å². The fraction of sp³-hybridized carbons (Fsp3) is 0.417. The standard InChI is InChI=1S/C12H17NO2/c1-3-15-12(14)11(13)9(2)10-7-5-4-6-8-10/h4-9,11H,3,13H2,1-2H3/t9-,11+/m0/s1. The molecule has 2 atom stereocenters. The van der Waals surface area contributed by atoms with Gasteiger partial charge in [0.05, 0.1) is 6.61 Å². The van der Waals surface area contributed by atoms with Crippen molar-refractivity contribution in [3.05, 3.63) is 35.9 Å². The highest BCUT2D eigenvalue weighted by Crippen LogP contribution is 2.18. The summed E-state index contributed by atoms with van der Waals surface area (Å²) in [6, 6.07) is 9.14. The molecule has 0 spiro atoms. The molecule has 0 aliphatic rings. The van der Waals surface area contributed by atoms with E-state index in [0.717, 1.165) is 5.56 Å². The van der Waals surface area contributed by atoms with Gasteiger partial charge in [0.15, 0.2) is 0 Å². The van der Waals surface area contributed by atoms with E-state index in [2.05, 4.69) is 0 Å². The molecular formula is C12H17NO2. The molecule has 0 aliphatic heterocycles. The van der Waals surface area contributed by atoms with Crippen molar-refractivity contribution in [2.75, 3.05) is 6.61 Å². The van der Waals surface area contributed by atoms with Gasteiger partial charge in [-0.2, -0.15) is 0 Å². The minimum absolute atomic E-state index is 0.0229. The number of hydrogen-bond acceptors (Lipinski definition) is 3. The van der Waals surface area contributed by atoms with E-state index in [4.69, 9.17) is 10.5 Å². The summed E-state index contributed by atoms with van der Waals surface area (Å²) in [7, 11) is 0. The van der Waals surface area contributed by atoms with Crippen LogP contribution in [0.3, 0.4) is 0 Å². The molecular weight excluding hydrogens is 190 g/mol. The SMILES string of the molecule is CCOC(=O)[C@H](N)[C@@H](C)c1ccccc1. The Morgan fingerprint density at radius 1 is 1.40 bits per heavy atom. The molecule has 0 bridgehead atoms. The number of hydrogen-bond donors (Lipinski definition) is 1. The van der Waals surface area contributed by atoms with Crippen LogP contribution in [0.1, 0.15) is 25.3 Å². The van der Waals surface area contributed by atoms with Crippen molar-refractivity contribution in [2.24, 2.45) is 5.73 Å². The van der Waals surface area contributed by atoms with E-state index >= 15 is 0 Å². The predicted molar refractivity (Wildman–Crippen MR) is 59.5 cm³/mol. The Morgan fingerprint density at radius 2 is 2.00 bits per heavy atom. The van der Waals surface area contributed by atoms with Crippen molar-refractivity contribution >= 4 is 5.97 Å². The van der Waals surface area contributed by atoms with E-state index in [0.29, 0.717) is 6.61 Å². The van der Waals surface area contributed by atoms with Gasteiger partial charge in [-0.3, -0.25) is 4.79 Å². The Labute approximate surface area is 90.2 Å². The van der Waals surface area contributed by atoms with Gasteiger partial charge in [-0.25, -0.2) is 0 Å². The fourth-order valence-corrected chi connectivity index (χ4v) is 1.41. The van der Waals surface area contributed by atoms with Crippen molar-refractivity contribution in [1.29, 1.82) is 0 Å². The summed E-state index contributed by atoms with van der Waals surface area (Å²) in [5, 5.41) is 0. The van der Waals surface area contributed by atoms with Crippen molar-refractivity contribution in [3.63, 3.8) is 0 Å². The summed E-state index contributed by atoms with van der Waals surface area (Å²) in [6.07, 6.45) is 0. The molecule has 0 aliphatic carbocycles. The highest BCUT2D eigenvalue weighted by Gasteiger charge is 2.22. The van der Waals surface area contributed by atoms with Gasteiger partial charge >= 0.3 is 5.97 Å². The first-order valence-electron chi connectivity index (χ1n) is 5.14. The van der Waals surface area contributed by atoms with Gasteiger partial charge in [0, 0.05) is 5.92 Å². The molecule has 1 aromatic rings. The van der Waals surface area contributed by atoms with Crippen LogP contribution in [0.15, 0.2) is 30.3 Å². The minimum Gasteiger partial charge on any atom is -0.465 e. The van der Waals surface area contributed by atoms with E-state index in [1.165, 1.54) is 0 Å². The predicted octanol–water partition coefficient (Wildman–Crippen LogP) is 1.68. The third-order valence-corrected chi connectivity index (χ3v) is 2.42. The van der Waals surface area contributed by atoms with E-state index < -0.39 is 6.04 Å². The average Bonchev–Trinajstić information content (AvgIpc) is 2.28. The maximum atomic E-state index is 11.4. The minimum atomic E-state index is -0.590. The molecule has 3 heteroatoms. The topological polar surface area (TPSA) is 52.3 Å². The molecule has 0 amide bonds. The summed E-state index contributed by atoms with van der Waals surface area (Å²) < 4.78 is 4.88. The summed E-state index contributed by atoms with van der Waals surface area (Å²) >= 11 is 0. The zero-order valence-corrected chi connectivity index (χ0v) is 9.14. The van der Waals surface area contributed by atoms with Crippen LogP contribution in [0, 0.1) is 0 Å². The van der Waals surface area contributed by atoms with E-state index in [1.54, 1.807) is 6.92 Å². The first-order valence-corrected chi connectivity index (χ1v) is 5.14. The van der Waals surface area contributed by atoms with Crippen LogP contribution in [0.5, 0.6) is 0 Å². The Morgan fingerprint density at radius 3 is 2.53 bits per heavy atom. The zero-order valence-electron chi connectivity index (χ0n) is 9.14. The molecule has 1 aromatic carbocycles. The average molecular weight is 207 g/mol. The summed E-state index contributed by atoms with van der Waals surface area (Å²) in [4.78, 5) is 11.4. The van der Waals surface area contributed by atoms with Gasteiger partial charge in [0.25, 0.3) is 0 Å². The Bertz CT molecular complexity index is 311. The van der Waals surface area contributed by atoms with Crippen LogP contribution < -0.4 is 5.73 Å². The maximum Gasteiger partial charge on any atom is 0.323 e. The lowest BCUT2D eigenvalue weighted by Crippen LogP contribution is -2.37. The van der Waals surface area contributed by atoms with Crippen molar-refractivity contribution < 1.29 is 9.53 Å². The number of carbonyl (C=O) groups excluding carboxylic acids is 1. The Balaban J connectivity index is 2.68. The molecule has 0 saturated carbocycles. The number of nitrogens with two attached hydrogens (primary N) is 1. The largest absolute Gasteiger partial charge is 0.465 e. The molecule has 0 radical (unpaired) electrons. The van der Waals surface area contributed by atoms with Crippen LogP contribution in [0.2, 0.25) is 0 Å².